The van der Waals surface area contributed by atoms with E-state index in [0.717, 1.165) is 12.8 Å². The minimum absolute atomic E-state index is 0.0522. The lowest BCUT2D eigenvalue weighted by atomic mass is 10.2. The number of carbonyl (C=O) groups is 2. The molecule has 2 aromatic carbocycles. The van der Waals surface area contributed by atoms with Crippen LogP contribution in [0.1, 0.15) is 44.0 Å². The number of nitrogens with zero attached hydrogens (tertiary/aromatic N) is 1. The molecule has 2 N–H and O–H groups in total. The molecule has 168 valence electrons. The first-order valence-electron chi connectivity index (χ1n) is 10.3. The summed E-state index contributed by atoms with van der Waals surface area (Å²) in [6.07, 6.45) is 1.72. The quantitative estimate of drug-likeness (QED) is 0.417. The van der Waals surface area contributed by atoms with Crippen LogP contribution in [0.3, 0.4) is 0 Å². The number of benzene rings is 2. The Balaban J connectivity index is 2.02. The van der Waals surface area contributed by atoms with Gasteiger partial charge in [0, 0.05) is 24.5 Å². The molecule has 0 aliphatic carbocycles. The number of amides is 2. The Morgan fingerprint density at radius 2 is 1.48 bits per heavy atom. The Morgan fingerprint density at radius 3 is 2.03 bits per heavy atom. The van der Waals surface area contributed by atoms with E-state index >= 15 is 0 Å². The van der Waals surface area contributed by atoms with Gasteiger partial charge in [-0.3, -0.25) is 4.72 Å². The van der Waals surface area contributed by atoms with Crippen molar-refractivity contribution in [2.24, 2.45) is 0 Å². The molecule has 0 fully saturated rings. The number of esters is 1. The van der Waals surface area contributed by atoms with E-state index in [1.807, 2.05) is 20.8 Å². The van der Waals surface area contributed by atoms with Crippen LogP contribution >= 0.6 is 0 Å². The van der Waals surface area contributed by atoms with Gasteiger partial charge in [0.15, 0.2) is 0 Å². The van der Waals surface area contributed by atoms with Gasteiger partial charge in [-0.1, -0.05) is 13.3 Å². The molecule has 0 aromatic heterocycles. The maximum Gasteiger partial charge on any atom is 0.338 e. The Kier molecular flexibility index (Phi) is 8.87. The predicted molar refractivity (Wildman–Crippen MR) is 121 cm³/mol. The Morgan fingerprint density at radius 1 is 0.903 bits per heavy atom. The Bertz CT molecular complexity index is 969. The van der Waals surface area contributed by atoms with Gasteiger partial charge in [0.2, 0.25) is 0 Å². The number of unbranched alkanes of at least 4 members (excludes halogenated alkanes) is 1. The number of nitrogens with one attached hydrogen (secondary N) is 2. The van der Waals surface area contributed by atoms with Crippen LogP contribution in [0.2, 0.25) is 0 Å². The average molecular weight is 448 g/mol. The number of carbonyl (C=O) groups excluding carboxylic acids is 2. The molecule has 0 bridgehead atoms. The van der Waals surface area contributed by atoms with E-state index in [1.54, 1.807) is 4.90 Å². The van der Waals surface area contributed by atoms with E-state index in [1.165, 1.54) is 48.5 Å². The summed E-state index contributed by atoms with van der Waals surface area (Å²) in [5, 5.41) is 2.74. The lowest BCUT2D eigenvalue weighted by molar-refractivity contribution is 0.0499. The number of hydrogen-bond donors (Lipinski definition) is 2. The van der Waals surface area contributed by atoms with E-state index < -0.39 is 16.0 Å². The topological polar surface area (TPSA) is 105 Å². The highest BCUT2D eigenvalue weighted by Crippen LogP contribution is 2.19. The summed E-state index contributed by atoms with van der Waals surface area (Å²) < 4.78 is 32.9. The van der Waals surface area contributed by atoms with E-state index in [4.69, 9.17) is 4.74 Å². The summed E-state index contributed by atoms with van der Waals surface area (Å²) in [6, 6.07) is 11.7. The fraction of sp³-hybridized carbons (Fsp3) is 0.364. The predicted octanol–water partition coefficient (Wildman–Crippen LogP) is 4.32. The summed E-state index contributed by atoms with van der Waals surface area (Å²) in [7, 11) is -3.82. The smallest absolute Gasteiger partial charge is 0.338 e. The summed E-state index contributed by atoms with van der Waals surface area (Å²) in [5.41, 5.74) is 1.18. The SMILES string of the molecule is CCCCOC(=O)c1ccc(NS(=O)(=O)c2ccc(NC(=O)N(CC)CC)cc2)cc1. The van der Waals surface area contributed by atoms with Gasteiger partial charge in [0.1, 0.15) is 0 Å². The van der Waals surface area contributed by atoms with Crippen LogP contribution in [0.5, 0.6) is 0 Å². The number of rotatable bonds is 10. The van der Waals surface area contributed by atoms with Crippen molar-refractivity contribution in [3.63, 3.8) is 0 Å². The van der Waals surface area contributed by atoms with Crippen molar-refractivity contribution < 1.29 is 22.7 Å². The highest BCUT2D eigenvalue weighted by Gasteiger charge is 2.16. The molecule has 0 aliphatic rings. The summed E-state index contributed by atoms with van der Waals surface area (Å²) in [5.74, 6) is -0.440. The monoisotopic (exact) mass is 447 g/mol. The molecule has 0 unspecified atom stereocenters. The molecule has 0 spiro atoms. The van der Waals surface area contributed by atoms with Gasteiger partial charge >= 0.3 is 12.0 Å². The van der Waals surface area contributed by atoms with Crippen molar-refractivity contribution in [1.82, 2.24) is 4.90 Å². The molecule has 0 atom stereocenters. The van der Waals surface area contributed by atoms with Crippen LogP contribution < -0.4 is 10.0 Å². The van der Waals surface area contributed by atoms with Gasteiger partial charge in [0.05, 0.1) is 17.1 Å². The van der Waals surface area contributed by atoms with Gasteiger partial charge in [0.25, 0.3) is 10.0 Å². The molecule has 0 saturated carbocycles. The van der Waals surface area contributed by atoms with E-state index in [0.29, 0.717) is 36.6 Å². The van der Waals surface area contributed by atoms with Crippen LogP contribution in [0.4, 0.5) is 16.2 Å². The summed E-state index contributed by atoms with van der Waals surface area (Å²) in [4.78, 5) is 25.7. The molecule has 2 aromatic rings. The highest BCUT2D eigenvalue weighted by atomic mass is 32.2. The minimum Gasteiger partial charge on any atom is -0.462 e. The lowest BCUT2D eigenvalue weighted by Crippen LogP contribution is -2.34. The van der Waals surface area contributed by atoms with Crippen LogP contribution in [-0.4, -0.2) is 45.0 Å². The number of hydrogen-bond acceptors (Lipinski definition) is 5. The highest BCUT2D eigenvalue weighted by molar-refractivity contribution is 7.92. The average Bonchev–Trinajstić information content (AvgIpc) is 2.75. The van der Waals surface area contributed by atoms with Gasteiger partial charge < -0.3 is 15.0 Å². The van der Waals surface area contributed by atoms with Crippen LogP contribution in [0, 0.1) is 0 Å². The zero-order chi connectivity index (χ0) is 22.9. The van der Waals surface area contributed by atoms with Crippen molar-refractivity contribution in [3.8, 4) is 0 Å². The zero-order valence-corrected chi connectivity index (χ0v) is 18.9. The van der Waals surface area contributed by atoms with Crippen LogP contribution in [-0.2, 0) is 14.8 Å². The first-order chi connectivity index (χ1) is 14.8. The fourth-order valence-corrected chi connectivity index (χ4v) is 3.77. The molecule has 31 heavy (non-hydrogen) atoms. The molecular formula is C22H29N3O5S. The van der Waals surface area contributed by atoms with Gasteiger partial charge in [-0.15, -0.1) is 0 Å². The third-order valence-electron chi connectivity index (χ3n) is 4.57. The molecule has 9 heteroatoms. The third kappa shape index (κ3) is 6.99. The molecule has 2 rings (SSSR count). The van der Waals surface area contributed by atoms with Crippen molar-refractivity contribution in [3.05, 3.63) is 54.1 Å². The number of urea groups is 1. The standard InChI is InChI=1S/C22H29N3O5S/c1-4-7-16-30-21(26)17-8-10-19(11-9-17)24-31(28,29)20-14-12-18(13-15-20)23-22(27)25(5-2)6-3/h8-15,24H,4-7,16H2,1-3H3,(H,23,27). The van der Waals surface area contributed by atoms with Crippen molar-refractivity contribution in [2.75, 3.05) is 29.7 Å². The number of ether oxygens (including phenoxy) is 1. The maximum atomic E-state index is 12.6. The molecule has 0 radical (unpaired) electrons. The molecule has 0 heterocycles. The third-order valence-corrected chi connectivity index (χ3v) is 5.97. The van der Waals surface area contributed by atoms with Crippen molar-refractivity contribution in [2.45, 2.75) is 38.5 Å². The molecule has 2 amide bonds. The van der Waals surface area contributed by atoms with Crippen LogP contribution in [0.25, 0.3) is 0 Å². The van der Waals surface area contributed by atoms with Crippen LogP contribution in [0.15, 0.2) is 53.4 Å². The number of anilines is 2. The summed E-state index contributed by atoms with van der Waals surface area (Å²) in [6.45, 7) is 7.28. The Labute approximate surface area is 183 Å². The van der Waals surface area contributed by atoms with Gasteiger partial charge in [-0.2, -0.15) is 0 Å². The fourth-order valence-electron chi connectivity index (χ4n) is 2.71. The summed E-state index contributed by atoms with van der Waals surface area (Å²) >= 11 is 0. The second-order valence-electron chi connectivity index (χ2n) is 6.80. The van der Waals surface area contributed by atoms with E-state index in [9.17, 15) is 18.0 Å². The first kappa shape index (κ1) is 24.2. The van der Waals surface area contributed by atoms with E-state index in [-0.39, 0.29) is 10.9 Å². The molecule has 0 aliphatic heterocycles. The zero-order valence-electron chi connectivity index (χ0n) is 18.1. The van der Waals surface area contributed by atoms with Gasteiger partial charge in [-0.05, 0) is 68.8 Å². The second kappa shape index (κ2) is 11.4. The minimum atomic E-state index is -3.82. The lowest BCUT2D eigenvalue weighted by Gasteiger charge is -2.19. The first-order valence-corrected chi connectivity index (χ1v) is 11.7. The number of sulfonamides is 1. The second-order valence-corrected chi connectivity index (χ2v) is 8.48. The molecule has 0 saturated heterocycles. The van der Waals surface area contributed by atoms with Crippen molar-refractivity contribution >= 4 is 33.4 Å². The van der Waals surface area contributed by atoms with Gasteiger partial charge in [-0.25, -0.2) is 18.0 Å². The molecule has 8 nitrogen and oxygen atoms in total. The largest absolute Gasteiger partial charge is 0.462 e. The maximum absolute atomic E-state index is 12.6. The van der Waals surface area contributed by atoms with E-state index in [2.05, 4.69) is 10.0 Å². The normalized spacial score (nSPS) is 10.9. The Hall–Kier alpha value is -3.07. The molecular weight excluding hydrogens is 418 g/mol. The van der Waals surface area contributed by atoms with Crippen molar-refractivity contribution in [1.29, 1.82) is 0 Å².